The Kier molecular flexibility index (Phi) is 4.44. The third-order valence-corrected chi connectivity index (χ3v) is 2.69. The van der Waals surface area contributed by atoms with Gasteiger partial charge in [0, 0.05) is 6.20 Å². The summed E-state index contributed by atoms with van der Waals surface area (Å²) in [5.41, 5.74) is 1.69. The fourth-order valence-corrected chi connectivity index (χ4v) is 1.68. The van der Waals surface area contributed by atoms with Crippen LogP contribution in [-0.4, -0.2) is 24.3 Å². The number of hydrogen-bond acceptors (Lipinski definition) is 5. The molecule has 1 heterocycles. The molecule has 5 nitrogen and oxygen atoms in total. The highest BCUT2D eigenvalue weighted by Crippen LogP contribution is 2.16. The first-order valence-corrected chi connectivity index (χ1v) is 5.94. The third kappa shape index (κ3) is 3.20. The molecule has 0 saturated carbocycles. The van der Waals surface area contributed by atoms with Gasteiger partial charge in [0.15, 0.2) is 6.29 Å². The van der Waals surface area contributed by atoms with Crippen molar-refractivity contribution < 1.29 is 19.1 Å². The predicted octanol–water partition coefficient (Wildman–Crippen LogP) is 2.26. The summed E-state index contributed by atoms with van der Waals surface area (Å²) >= 11 is 0. The summed E-state index contributed by atoms with van der Waals surface area (Å²) in [5, 5.41) is 0. The van der Waals surface area contributed by atoms with E-state index in [1.54, 1.807) is 24.3 Å². The van der Waals surface area contributed by atoms with Crippen molar-refractivity contribution in [2.24, 2.45) is 0 Å². The first-order chi connectivity index (χ1) is 9.74. The van der Waals surface area contributed by atoms with Gasteiger partial charge in [-0.3, -0.25) is 9.78 Å². The summed E-state index contributed by atoms with van der Waals surface area (Å²) in [6, 6.07) is 8.49. The van der Waals surface area contributed by atoms with Gasteiger partial charge in [0.25, 0.3) is 0 Å². The predicted molar refractivity (Wildman–Crippen MR) is 71.7 cm³/mol. The molecule has 0 fully saturated rings. The Balaban J connectivity index is 2.11. The molecule has 0 unspecified atom stereocenters. The van der Waals surface area contributed by atoms with E-state index in [1.807, 2.05) is 6.07 Å². The molecule has 0 atom stereocenters. The Morgan fingerprint density at radius 3 is 2.95 bits per heavy atom. The normalized spacial score (nSPS) is 9.85. The number of methoxy groups -OCH3 is 1. The second-order valence-electron chi connectivity index (χ2n) is 4.01. The Bertz CT molecular complexity index is 625. The number of carbonyl (C=O) groups is 2. The lowest BCUT2D eigenvalue weighted by Gasteiger charge is -2.08. The number of pyridine rings is 1. The van der Waals surface area contributed by atoms with Crippen LogP contribution >= 0.6 is 0 Å². The number of nitrogens with zero attached hydrogens (tertiary/aromatic N) is 1. The first kappa shape index (κ1) is 13.7. The van der Waals surface area contributed by atoms with E-state index in [0.29, 0.717) is 23.2 Å². The fraction of sp³-hybridized carbons (Fsp3) is 0.133. The minimum atomic E-state index is -0.401. The molecule has 0 aliphatic heterocycles. The fourth-order valence-electron chi connectivity index (χ4n) is 1.68. The van der Waals surface area contributed by atoms with Crippen LogP contribution in [0.1, 0.15) is 26.3 Å². The lowest BCUT2D eigenvalue weighted by Crippen LogP contribution is -2.03. The smallest absolute Gasteiger partial charge is 0.337 e. The zero-order valence-electron chi connectivity index (χ0n) is 10.9. The molecule has 0 aliphatic rings. The molecule has 0 radical (unpaired) electrons. The second kappa shape index (κ2) is 6.47. The van der Waals surface area contributed by atoms with Crippen molar-refractivity contribution in [1.82, 2.24) is 4.98 Å². The molecule has 0 spiro atoms. The second-order valence-corrected chi connectivity index (χ2v) is 4.01. The quantitative estimate of drug-likeness (QED) is 0.616. The molecule has 102 valence electrons. The summed E-state index contributed by atoms with van der Waals surface area (Å²) in [6.45, 7) is 0.233. The van der Waals surface area contributed by atoms with Crippen LogP contribution in [0.4, 0.5) is 0 Å². The highest BCUT2D eigenvalue weighted by Gasteiger charge is 2.07. The van der Waals surface area contributed by atoms with Crippen LogP contribution in [0.25, 0.3) is 0 Å². The van der Waals surface area contributed by atoms with Gasteiger partial charge in [-0.05, 0) is 23.8 Å². The monoisotopic (exact) mass is 271 g/mol. The molecule has 0 aliphatic carbocycles. The van der Waals surface area contributed by atoms with Gasteiger partial charge in [-0.2, -0.15) is 0 Å². The summed E-state index contributed by atoms with van der Waals surface area (Å²) in [4.78, 5) is 26.2. The van der Waals surface area contributed by atoms with Gasteiger partial charge in [-0.25, -0.2) is 4.79 Å². The van der Waals surface area contributed by atoms with Gasteiger partial charge in [-0.15, -0.1) is 0 Å². The molecule has 1 aromatic heterocycles. The zero-order chi connectivity index (χ0) is 14.4. The van der Waals surface area contributed by atoms with Crippen molar-refractivity contribution in [2.75, 3.05) is 7.11 Å². The summed E-state index contributed by atoms with van der Waals surface area (Å²) < 4.78 is 10.2. The molecule has 5 heteroatoms. The number of aldehydes is 1. The number of hydrogen-bond donors (Lipinski definition) is 0. The van der Waals surface area contributed by atoms with Crippen LogP contribution in [0.2, 0.25) is 0 Å². The number of rotatable bonds is 5. The standard InChI is InChI=1S/C15H13NO4/c1-19-15(18)12-4-2-3-11(7-12)10-20-14-8-16-6-5-13(14)9-17/h2-9H,10H2,1H3. The maximum Gasteiger partial charge on any atom is 0.337 e. The highest BCUT2D eigenvalue weighted by molar-refractivity contribution is 5.89. The molecular formula is C15H13NO4. The Morgan fingerprint density at radius 1 is 1.35 bits per heavy atom. The van der Waals surface area contributed by atoms with Gasteiger partial charge in [-0.1, -0.05) is 12.1 Å². The topological polar surface area (TPSA) is 65.5 Å². The molecule has 20 heavy (non-hydrogen) atoms. The van der Waals surface area contributed by atoms with E-state index in [4.69, 9.17) is 4.74 Å². The minimum Gasteiger partial charge on any atom is -0.487 e. The number of ether oxygens (including phenoxy) is 2. The van der Waals surface area contributed by atoms with Crippen LogP contribution in [0.5, 0.6) is 5.75 Å². The highest BCUT2D eigenvalue weighted by atomic mass is 16.5. The van der Waals surface area contributed by atoms with E-state index >= 15 is 0 Å². The van der Waals surface area contributed by atoms with Crippen LogP contribution in [0.15, 0.2) is 42.7 Å². The molecule has 0 amide bonds. The van der Waals surface area contributed by atoms with E-state index in [9.17, 15) is 9.59 Å². The lowest BCUT2D eigenvalue weighted by atomic mass is 10.1. The number of benzene rings is 1. The molecule has 0 N–H and O–H groups in total. The first-order valence-electron chi connectivity index (χ1n) is 5.94. The van der Waals surface area contributed by atoms with Gasteiger partial charge < -0.3 is 9.47 Å². The van der Waals surface area contributed by atoms with E-state index in [0.717, 1.165) is 5.56 Å². The lowest BCUT2D eigenvalue weighted by molar-refractivity contribution is 0.0600. The van der Waals surface area contributed by atoms with Gasteiger partial charge in [0.2, 0.25) is 0 Å². The van der Waals surface area contributed by atoms with Gasteiger partial charge in [0.05, 0.1) is 24.4 Å². The average Bonchev–Trinajstić information content (AvgIpc) is 2.52. The van der Waals surface area contributed by atoms with Crippen molar-refractivity contribution in [3.8, 4) is 5.75 Å². The number of carbonyl (C=O) groups excluding carboxylic acids is 2. The van der Waals surface area contributed by atoms with Crippen LogP contribution in [0.3, 0.4) is 0 Å². The average molecular weight is 271 g/mol. The third-order valence-electron chi connectivity index (χ3n) is 2.69. The van der Waals surface area contributed by atoms with Crippen molar-refractivity contribution in [1.29, 1.82) is 0 Å². The van der Waals surface area contributed by atoms with E-state index in [1.165, 1.54) is 19.5 Å². The molecule has 1 aromatic carbocycles. The zero-order valence-corrected chi connectivity index (χ0v) is 10.9. The SMILES string of the molecule is COC(=O)c1cccc(COc2cnccc2C=O)c1. The minimum absolute atomic E-state index is 0.233. The summed E-state index contributed by atoms with van der Waals surface area (Å²) in [5.74, 6) is 0.00720. The van der Waals surface area contributed by atoms with Crippen molar-refractivity contribution in [3.05, 3.63) is 59.4 Å². The van der Waals surface area contributed by atoms with Gasteiger partial charge >= 0.3 is 5.97 Å². The molecule has 0 saturated heterocycles. The van der Waals surface area contributed by atoms with Crippen LogP contribution < -0.4 is 4.74 Å². The van der Waals surface area contributed by atoms with E-state index in [2.05, 4.69) is 9.72 Å². The molecular weight excluding hydrogens is 258 g/mol. The van der Waals surface area contributed by atoms with Crippen molar-refractivity contribution in [2.45, 2.75) is 6.61 Å². The maximum absolute atomic E-state index is 11.4. The summed E-state index contributed by atoms with van der Waals surface area (Å²) in [6.07, 6.45) is 3.71. The van der Waals surface area contributed by atoms with Crippen LogP contribution in [-0.2, 0) is 11.3 Å². The Morgan fingerprint density at radius 2 is 2.20 bits per heavy atom. The molecule has 0 bridgehead atoms. The van der Waals surface area contributed by atoms with Crippen molar-refractivity contribution >= 4 is 12.3 Å². The molecule has 2 rings (SSSR count). The summed E-state index contributed by atoms with van der Waals surface area (Å²) in [7, 11) is 1.33. The largest absolute Gasteiger partial charge is 0.487 e. The van der Waals surface area contributed by atoms with E-state index in [-0.39, 0.29) is 6.61 Å². The number of aromatic nitrogens is 1. The maximum atomic E-state index is 11.4. The Labute approximate surface area is 116 Å². The Hall–Kier alpha value is -2.69. The van der Waals surface area contributed by atoms with Gasteiger partial charge in [0.1, 0.15) is 12.4 Å². The van der Waals surface area contributed by atoms with Crippen LogP contribution in [0, 0.1) is 0 Å². The molecule has 2 aromatic rings. The van der Waals surface area contributed by atoms with Crippen molar-refractivity contribution in [3.63, 3.8) is 0 Å². The number of esters is 1. The van der Waals surface area contributed by atoms with E-state index < -0.39 is 5.97 Å².